The molecule has 1 N–H and O–H groups in total. The van der Waals surface area contributed by atoms with Gasteiger partial charge in [-0.25, -0.2) is 0 Å². The third-order valence-electron chi connectivity index (χ3n) is 3.76. The summed E-state index contributed by atoms with van der Waals surface area (Å²) in [6.07, 6.45) is 2.62. The smallest absolute Gasteiger partial charge is 0.219 e. The molecule has 92 valence electrons. The first-order valence-electron chi connectivity index (χ1n) is 6.40. The number of carbonyl (C=O) groups is 1. The summed E-state index contributed by atoms with van der Waals surface area (Å²) >= 11 is 0. The fourth-order valence-corrected chi connectivity index (χ4v) is 2.89. The summed E-state index contributed by atoms with van der Waals surface area (Å²) in [4.78, 5) is 15.8. The van der Waals surface area contributed by atoms with Gasteiger partial charge >= 0.3 is 0 Å². The van der Waals surface area contributed by atoms with Crippen molar-refractivity contribution >= 4 is 5.91 Å². The average molecular weight is 225 g/mol. The Labute approximate surface area is 98.0 Å². The van der Waals surface area contributed by atoms with E-state index in [0.717, 1.165) is 26.2 Å². The van der Waals surface area contributed by atoms with Gasteiger partial charge in [0, 0.05) is 45.2 Å². The number of carbonyl (C=O) groups excluding carboxylic acids is 1. The van der Waals surface area contributed by atoms with Crippen LogP contribution in [0, 0.1) is 0 Å². The number of nitrogens with one attached hydrogen (secondary N) is 1. The third-order valence-corrected chi connectivity index (χ3v) is 3.76. The van der Waals surface area contributed by atoms with E-state index in [1.54, 1.807) is 6.92 Å². The number of amides is 1. The van der Waals surface area contributed by atoms with E-state index in [1.165, 1.54) is 19.4 Å². The van der Waals surface area contributed by atoms with Crippen molar-refractivity contribution in [1.82, 2.24) is 15.1 Å². The van der Waals surface area contributed by atoms with Gasteiger partial charge in [0.2, 0.25) is 5.91 Å². The molecule has 0 aromatic carbocycles. The molecule has 2 atom stereocenters. The molecule has 0 saturated carbocycles. The minimum Gasteiger partial charge on any atom is -0.338 e. The lowest BCUT2D eigenvalue weighted by molar-refractivity contribution is -0.133. The lowest BCUT2D eigenvalue weighted by Crippen LogP contribution is -2.55. The topological polar surface area (TPSA) is 35.6 Å². The number of piperazine rings is 1. The van der Waals surface area contributed by atoms with Crippen LogP contribution in [0.2, 0.25) is 0 Å². The maximum Gasteiger partial charge on any atom is 0.219 e. The molecule has 2 aliphatic heterocycles. The first kappa shape index (κ1) is 11.9. The van der Waals surface area contributed by atoms with Gasteiger partial charge in [-0.1, -0.05) is 0 Å². The van der Waals surface area contributed by atoms with E-state index in [9.17, 15) is 4.79 Å². The highest BCUT2D eigenvalue weighted by Crippen LogP contribution is 2.13. The second kappa shape index (κ2) is 5.15. The second-order valence-corrected chi connectivity index (χ2v) is 5.11. The van der Waals surface area contributed by atoms with Gasteiger partial charge < -0.3 is 10.2 Å². The van der Waals surface area contributed by atoms with E-state index in [4.69, 9.17) is 0 Å². The highest BCUT2D eigenvalue weighted by atomic mass is 16.2. The van der Waals surface area contributed by atoms with E-state index in [-0.39, 0.29) is 5.91 Å². The fraction of sp³-hybridized carbons (Fsp3) is 0.917. The molecule has 16 heavy (non-hydrogen) atoms. The highest BCUT2D eigenvalue weighted by molar-refractivity contribution is 5.73. The number of nitrogens with zero attached hydrogens (tertiary/aromatic N) is 2. The Morgan fingerprint density at radius 1 is 1.44 bits per heavy atom. The summed E-state index contributed by atoms with van der Waals surface area (Å²) in [6, 6.07) is 1.05. The van der Waals surface area contributed by atoms with Crippen LogP contribution in [-0.4, -0.2) is 60.5 Å². The molecule has 0 spiro atoms. The number of rotatable bonds is 2. The van der Waals surface area contributed by atoms with Crippen molar-refractivity contribution in [2.75, 3.05) is 32.7 Å². The van der Waals surface area contributed by atoms with Crippen molar-refractivity contribution in [3.63, 3.8) is 0 Å². The third kappa shape index (κ3) is 2.74. The summed E-state index contributed by atoms with van der Waals surface area (Å²) < 4.78 is 0. The predicted molar refractivity (Wildman–Crippen MR) is 64.3 cm³/mol. The van der Waals surface area contributed by atoms with Gasteiger partial charge in [-0.3, -0.25) is 9.69 Å². The summed E-state index contributed by atoms with van der Waals surface area (Å²) in [6.45, 7) is 9.09. The SMILES string of the molecule is CC(=O)N1CCN(CC2CCCN2)C[C@H]1C. The van der Waals surface area contributed by atoms with Crippen LogP contribution < -0.4 is 5.32 Å². The molecule has 0 aromatic heterocycles. The van der Waals surface area contributed by atoms with Crippen molar-refractivity contribution in [2.45, 2.75) is 38.8 Å². The van der Waals surface area contributed by atoms with Gasteiger partial charge in [0.25, 0.3) is 0 Å². The molecule has 2 saturated heterocycles. The van der Waals surface area contributed by atoms with E-state index in [2.05, 4.69) is 17.1 Å². The van der Waals surface area contributed by atoms with Crippen LogP contribution in [0.1, 0.15) is 26.7 Å². The highest BCUT2D eigenvalue weighted by Gasteiger charge is 2.27. The molecule has 2 fully saturated rings. The van der Waals surface area contributed by atoms with Crippen LogP contribution in [0.15, 0.2) is 0 Å². The van der Waals surface area contributed by atoms with E-state index >= 15 is 0 Å². The molecule has 2 rings (SSSR count). The van der Waals surface area contributed by atoms with E-state index in [0.29, 0.717) is 12.1 Å². The maximum atomic E-state index is 11.4. The zero-order valence-corrected chi connectivity index (χ0v) is 10.4. The van der Waals surface area contributed by atoms with Gasteiger partial charge in [-0.15, -0.1) is 0 Å². The molecule has 4 heteroatoms. The van der Waals surface area contributed by atoms with Crippen molar-refractivity contribution in [2.24, 2.45) is 0 Å². The lowest BCUT2D eigenvalue weighted by Gasteiger charge is -2.40. The first-order chi connectivity index (χ1) is 7.66. The Bertz CT molecular complexity index is 251. The molecule has 0 bridgehead atoms. The van der Waals surface area contributed by atoms with Gasteiger partial charge in [0.05, 0.1) is 0 Å². The van der Waals surface area contributed by atoms with Crippen LogP contribution in [0.3, 0.4) is 0 Å². The normalized spacial score (nSPS) is 32.0. The van der Waals surface area contributed by atoms with Crippen molar-refractivity contribution in [3.05, 3.63) is 0 Å². The molecular formula is C12H23N3O. The van der Waals surface area contributed by atoms with Gasteiger partial charge in [-0.05, 0) is 26.3 Å². The Hall–Kier alpha value is -0.610. The minimum absolute atomic E-state index is 0.214. The predicted octanol–water partition coefficient (Wildman–Crippen LogP) is 0.291. The molecule has 2 aliphatic rings. The van der Waals surface area contributed by atoms with Crippen LogP contribution in [-0.2, 0) is 4.79 Å². The van der Waals surface area contributed by atoms with Gasteiger partial charge in [0.15, 0.2) is 0 Å². The monoisotopic (exact) mass is 225 g/mol. The molecule has 1 unspecified atom stereocenters. The van der Waals surface area contributed by atoms with Crippen molar-refractivity contribution in [3.8, 4) is 0 Å². The minimum atomic E-state index is 0.214. The van der Waals surface area contributed by atoms with Crippen molar-refractivity contribution < 1.29 is 4.79 Å². The second-order valence-electron chi connectivity index (χ2n) is 5.11. The maximum absolute atomic E-state index is 11.4. The Morgan fingerprint density at radius 2 is 2.25 bits per heavy atom. The standard InChI is InChI=1S/C12H23N3O/c1-10-8-14(6-7-15(10)11(2)16)9-12-4-3-5-13-12/h10,12-13H,3-9H2,1-2H3/t10-,12?/m1/s1. The summed E-state index contributed by atoms with van der Waals surface area (Å²) in [5.74, 6) is 0.214. The number of hydrogen-bond donors (Lipinski definition) is 1. The van der Waals surface area contributed by atoms with E-state index in [1.807, 2.05) is 4.90 Å². The molecular weight excluding hydrogens is 202 g/mol. The molecule has 1 amide bonds. The Kier molecular flexibility index (Phi) is 3.82. The van der Waals surface area contributed by atoms with Gasteiger partial charge in [-0.2, -0.15) is 0 Å². The zero-order valence-electron chi connectivity index (χ0n) is 10.4. The molecule has 0 aliphatic carbocycles. The summed E-state index contributed by atoms with van der Waals surface area (Å²) in [5, 5.41) is 3.53. The molecule has 4 nitrogen and oxygen atoms in total. The Balaban J connectivity index is 1.79. The number of hydrogen-bond acceptors (Lipinski definition) is 3. The van der Waals surface area contributed by atoms with Crippen molar-refractivity contribution in [1.29, 1.82) is 0 Å². The van der Waals surface area contributed by atoms with E-state index < -0.39 is 0 Å². The molecule has 2 heterocycles. The van der Waals surface area contributed by atoms with Crippen LogP contribution in [0.25, 0.3) is 0 Å². The fourth-order valence-electron chi connectivity index (χ4n) is 2.89. The van der Waals surface area contributed by atoms with Crippen LogP contribution in [0.5, 0.6) is 0 Å². The summed E-state index contributed by atoms with van der Waals surface area (Å²) in [7, 11) is 0. The average Bonchev–Trinajstić information content (AvgIpc) is 2.70. The summed E-state index contributed by atoms with van der Waals surface area (Å²) in [5.41, 5.74) is 0. The zero-order chi connectivity index (χ0) is 11.5. The van der Waals surface area contributed by atoms with Gasteiger partial charge in [0.1, 0.15) is 0 Å². The largest absolute Gasteiger partial charge is 0.338 e. The lowest BCUT2D eigenvalue weighted by atomic mass is 10.1. The molecule has 0 radical (unpaired) electrons. The molecule has 0 aromatic rings. The van der Waals surface area contributed by atoms with Crippen LogP contribution in [0.4, 0.5) is 0 Å². The first-order valence-corrected chi connectivity index (χ1v) is 6.40. The van der Waals surface area contributed by atoms with Crippen LogP contribution >= 0.6 is 0 Å². The quantitative estimate of drug-likeness (QED) is 0.734. The Morgan fingerprint density at radius 3 is 2.81 bits per heavy atom.